The van der Waals surface area contributed by atoms with E-state index in [0.29, 0.717) is 10.8 Å². The molecule has 4 heteroatoms. The van der Waals surface area contributed by atoms with Crippen molar-refractivity contribution in [2.24, 2.45) is 5.92 Å². The minimum absolute atomic E-state index is 0.0489. The molecule has 2 aromatic rings. The highest BCUT2D eigenvalue weighted by molar-refractivity contribution is 6.30. The van der Waals surface area contributed by atoms with Crippen LogP contribution in [-0.4, -0.2) is 17.6 Å². The van der Waals surface area contributed by atoms with E-state index < -0.39 is 5.60 Å². The zero-order chi connectivity index (χ0) is 25.9. The Morgan fingerprint density at radius 3 is 2.06 bits per heavy atom. The maximum atomic E-state index is 12.8. The van der Waals surface area contributed by atoms with Crippen LogP contribution in [0.25, 0.3) is 0 Å². The number of halogens is 1. The number of rotatable bonds is 8. The van der Waals surface area contributed by atoms with Crippen LogP contribution >= 0.6 is 11.6 Å². The van der Waals surface area contributed by atoms with Gasteiger partial charge in [-0.05, 0) is 77.8 Å². The largest absolute Gasteiger partial charge is 0.478 e. The first-order chi connectivity index (χ1) is 15.9. The summed E-state index contributed by atoms with van der Waals surface area (Å²) in [7, 11) is 0. The smallest absolute Gasteiger partial charge is 0.263 e. The average Bonchev–Trinajstić information content (AvgIpc) is 2.75. The van der Waals surface area contributed by atoms with Crippen molar-refractivity contribution in [1.29, 1.82) is 0 Å². The molecule has 2 atom stereocenters. The predicted octanol–water partition coefficient (Wildman–Crippen LogP) is 7.94. The topological polar surface area (TPSA) is 38.3 Å². The maximum Gasteiger partial charge on any atom is 0.263 e. The average molecular weight is 482 g/mol. The van der Waals surface area contributed by atoms with Gasteiger partial charge in [0.15, 0.2) is 5.60 Å². The second kappa shape index (κ2) is 13.8. The van der Waals surface area contributed by atoms with E-state index in [4.69, 9.17) is 16.3 Å². The number of aryl methyl sites for hydroxylation is 3. The fourth-order valence-corrected chi connectivity index (χ4v) is 3.50. The zero-order valence-corrected chi connectivity index (χ0v) is 22.7. The van der Waals surface area contributed by atoms with Crippen LogP contribution in [0, 0.1) is 26.7 Å². The first-order valence-electron chi connectivity index (χ1n) is 11.6. The molecule has 2 aromatic carbocycles. The number of hydrogen-bond acceptors (Lipinski definition) is 2. The number of carbonyl (C=O) groups excluding carboxylic acids is 1. The normalized spacial score (nSPS) is 13.5. The first kappa shape index (κ1) is 29.3. The molecule has 0 saturated carbocycles. The van der Waals surface area contributed by atoms with E-state index in [0.717, 1.165) is 11.1 Å². The van der Waals surface area contributed by atoms with E-state index >= 15 is 0 Å². The standard InChI is InChI=1S/C22H30ClNO2.C8H10/c1-8-10-11-18(9-2)16(4)17(5)24-21(25)22(6,7)26-20-13-15(3)12-19(23)14-20;1-7-3-5-8(2)6-4-7/h8-14,16-17H,1H2,2-7H3,(H,24,25);3-6H,1-2H3/b11-10-,18-9+;/t16?,17-;/m0./s1. The molecule has 0 bridgehead atoms. The molecule has 0 saturated heterocycles. The number of amides is 1. The van der Waals surface area contributed by atoms with Gasteiger partial charge in [-0.25, -0.2) is 0 Å². The number of ether oxygens (including phenoxy) is 1. The number of benzene rings is 2. The van der Waals surface area contributed by atoms with Gasteiger partial charge in [-0.3, -0.25) is 4.79 Å². The summed E-state index contributed by atoms with van der Waals surface area (Å²) in [6.45, 7) is 19.4. The van der Waals surface area contributed by atoms with Gasteiger partial charge in [-0.1, -0.05) is 84.8 Å². The molecular weight excluding hydrogens is 442 g/mol. The van der Waals surface area contributed by atoms with Crippen molar-refractivity contribution in [2.45, 2.75) is 67.0 Å². The summed E-state index contributed by atoms with van der Waals surface area (Å²) >= 11 is 6.08. The number of hydrogen-bond donors (Lipinski definition) is 1. The number of carbonyl (C=O) groups is 1. The molecule has 0 aliphatic heterocycles. The Hall–Kier alpha value is -2.78. The first-order valence-corrected chi connectivity index (χ1v) is 12.0. The Labute approximate surface area is 211 Å². The molecule has 0 spiro atoms. The van der Waals surface area contributed by atoms with Crippen molar-refractivity contribution in [3.63, 3.8) is 0 Å². The highest BCUT2D eigenvalue weighted by Gasteiger charge is 2.32. The Bertz CT molecular complexity index is 962. The molecular formula is C30H40ClNO2. The van der Waals surface area contributed by atoms with Crippen LogP contribution in [0.3, 0.4) is 0 Å². The fourth-order valence-electron chi connectivity index (χ4n) is 3.22. The molecule has 0 fully saturated rings. The highest BCUT2D eigenvalue weighted by atomic mass is 35.5. The summed E-state index contributed by atoms with van der Waals surface area (Å²) < 4.78 is 5.92. The van der Waals surface area contributed by atoms with Crippen molar-refractivity contribution in [3.8, 4) is 5.75 Å². The second-order valence-electron chi connectivity index (χ2n) is 9.17. The van der Waals surface area contributed by atoms with Gasteiger partial charge in [0.05, 0.1) is 0 Å². The lowest BCUT2D eigenvalue weighted by molar-refractivity contribution is -0.135. The van der Waals surface area contributed by atoms with E-state index in [9.17, 15) is 4.79 Å². The van der Waals surface area contributed by atoms with Crippen molar-refractivity contribution in [1.82, 2.24) is 5.32 Å². The van der Waals surface area contributed by atoms with E-state index in [1.807, 2.05) is 51.1 Å². The van der Waals surface area contributed by atoms with Crippen LogP contribution in [0.15, 0.2) is 78.9 Å². The van der Waals surface area contributed by atoms with Crippen LogP contribution in [0.5, 0.6) is 5.75 Å². The third-order valence-electron chi connectivity index (χ3n) is 5.55. The predicted molar refractivity (Wildman–Crippen MR) is 147 cm³/mol. The van der Waals surface area contributed by atoms with Crippen LogP contribution in [0.1, 0.15) is 51.3 Å². The molecule has 34 heavy (non-hydrogen) atoms. The lowest BCUT2D eigenvalue weighted by atomic mass is 9.92. The Morgan fingerprint density at radius 1 is 1.03 bits per heavy atom. The SMILES string of the molecule is C=C/C=C\C(=C/C)C(C)[C@H](C)NC(=O)C(C)(C)Oc1cc(C)cc(Cl)c1.Cc1ccc(C)cc1. The van der Waals surface area contributed by atoms with E-state index in [1.54, 1.807) is 26.0 Å². The number of allylic oxidation sites excluding steroid dienone is 4. The van der Waals surface area contributed by atoms with Crippen molar-refractivity contribution >= 4 is 17.5 Å². The Morgan fingerprint density at radius 2 is 1.59 bits per heavy atom. The van der Waals surface area contributed by atoms with Gasteiger partial charge in [-0.2, -0.15) is 0 Å². The maximum absolute atomic E-state index is 12.8. The highest BCUT2D eigenvalue weighted by Crippen LogP contribution is 2.25. The minimum Gasteiger partial charge on any atom is -0.478 e. The molecule has 2 rings (SSSR count). The molecule has 0 aromatic heterocycles. The summed E-state index contributed by atoms with van der Waals surface area (Å²) in [5, 5.41) is 3.65. The Balaban J connectivity index is 0.000000605. The molecule has 0 aliphatic rings. The lowest BCUT2D eigenvalue weighted by Gasteiger charge is -2.30. The van der Waals surface area contributed by atoms with Crippen LogP contribution in [-0.2, 0) is 4.79 Å². The molecule has 0 heterocycles. The van der Waals surface area contributed by atoms with E-state index in [2.05, 4.69) is 56.9 Å². The van der Waals surface area contributed by atoms with Gasteiger partial charge < -0.3 is 10.1 Å². The fraction of sp³-hybridized carbons (Fsp3) is 0.367. The number of nitrogens with one attached hydrogen (secondary N) is 1. The van der Waals surface area contributed by atoms with Crippen LogP contribution in [0.4, 0.5) is 0 Å². The van der Waals surface area contributed by atoms with E-state index in [1.165, 1.54) is 11.1 Å². The van der Waals surface area contributed by atoms with Crippen molar-refractivity contribution in [3.05, 3.63) is 101 Å². The molecule has 1 unspecified atom stereocenters. The van der Waals surface area contributed by atoms with Gasteiger partial charge in [0.25, 0.3) is 5.91 Å². The summed E-state index contributed by atoms with van der Waals surface area (Å²) in [5.41, 5.74) is 3.77. The third-order valence-corrected chi connectivity index (χ3v) is 5.76. The van der Waals surface area contributed by atoms with Gasteiger partial charge in [0.1, 0.15) is 5.75 Å². The van der Waals surface area contributed by atoms with Crippen molar-refractivity contribution < 1.29 is 9.53 Å². The summed E-state index contributed by atoms with van der Waals surface area (Å²) in [4.78, 5) is 12.8. The van der Waals surface area contributed by atoms with Gasteiger partial charge in [0.2, 0.25) is 0 Å². The van der Waals surface area contributed by atoms with E-state index in [-0.39, 0.29) is 17.9 Å². The Kier molecular flexibility index (Phi) is 11.9. The molecule has 1 amide bonds. The van der Waals surface area contributed by atoms with Gasteiger partial charge in [0, 0.05) is 17.0 Å². The summed E-state index contributed by atoms with van der Waals surface area (Å²) in [5.74, 6) is 0.570. The van der Waals surface area contributed by atoms with Gasteiger partial charge in [-0.15, -0.1) is 0 Å². The summed E-state index contributed by atoms with van der Waals surface area (Å²) in [6, 6.07) is 13.9. The monoisotopic (exact) mass is 481 g/mol. The zero-order valence-electron chi connectivity index (χ0n) is 21.9. The third kappa shape index (κ3) is 10.0. The molecule has 184 valence electrons. The molecule has 0 aliphatic carbocycles. The second-order valence-corrected chi connectivity index (χ2v) is 9.60. The molecule has 3 nitrogen and oxygen atoms in total. The van der Waals surface area contributed by atoms with Crippen molar-refractivity contribution in [2.75, 3.05) is 0 Å². The summed E-state index contributed by atoms with van der Waals surface area (Å²) in [6.07, 6.45) is 7.69. The van der Waals surface area contributed by atoms with Crippen LogP contribution < -0.4 is 10.1 Å². The molecule has 1 N–H and O–H groups in total. The van der Waals surface area contributed by atoms with Crippen LogP contribution in [0.2, 0.25) is 5.02 Å². The van der Waals surface area contributed by atoms with Gasteiger partial charge >= 0.3 is 0 Å². The minimum atomic E-state index is -1.02. The quantitative estimate of drug-likeness (QED) is 0.388. The molecule has 0 radical (unpaired) electrons. The lowest BCUT2D eigenvalue weighted by Crippen LogP contribution is -2.51.